The van der Waals surface area contributed by atoms with Gasteiger partial charge in [0.05, 0.1) is 11.3 Å². The molecule has 1 unspecified atom stereocenters. The van der Waals surface area contributed by atoms with Gasteiger partial charge in [-0.3, -0.25) is 4.79 Å². The number of thioether (sulfide) groups is 1. The Labute approximate surface area is 207 Å². The third kappa shape index (κ3) is 7.00. The molecule has 0 fully saturated rings. The van der Waals surface area contributed by atoms with E-state index in [2.05, 4.69) is 36.3 Å². The van der Waals surface area contributed by atoms with Gasteiger partial charge in [-0.05, 0) is 55.2 Å². The van der Waals surface area contributed by atoms with Crippen molar-refractivity contribution in [3.8, 4) is 5.75 Å². The van der Waals surface area contributed by atoms with E-state index in [4.69, 9.17) is 4.74 Å². The Hall–Kier alpha value is -3.01. The minimum atomic E-state index is -4.48. The molecule has 1 aromatic heterocycles. The van der Waals surface area contributed by atoms with Gasteiger partial charge in [0.25, 0.3) is 0 Å². The van der Waals surface area contributed by atoms with Crippen molar-refractivity contribution in [1.29, 1.82) is 0 Å². The van der Waals surface area contributed by atoms with E-state index in [0.29, 0.717) is 23.3 Å². The highest BCUT2D eigenvalue weighted by atomic mass is 32.2. The average Bonchev–Trinajstić information content (AvgIpc) is 3.20. The van der Waals surface area contributed by atoms with Crippen molar-refractivity contribution in [3.63, 3.8) is 0 Å². The van der Waals surface area contributed by atoms with Gasteiger partial charge in [0, 0.05) is 12.2 Å². The van der Waals surface area contributed by atoms with Crippen molar-refractivity contribution in [2.75, 3.05) is 11.1 Å². The van der Waals surface area contributed by atoms with E-state index in [0.717, 1.165) is 23.9 Å². The van der Waals surface area contributed by atoms with Crippen LogP contribution in [0.4, 0.5) is 18.9 Å². The van der Waals surface area contributed by atoms with Crippen LogP contribution in [0, 0.1) is 0 Å². The summed E-state index contributed by atoms with van der Waals surface area (Å²) in [6, 6.07) is 12.5. The summed E-state index contributed by atoms with van der Waals surface area (Å²) in [5.41, 5.74) is 0.519. The summed E-state index contributed by atoms with van der Waals surface area (Å²) in [6.07, 6.45) is -4.85. The normalized spacial score (nSPS) is 12.9. The largest absolute Gasteiger partial charge is 0.483 e. The Kier molecular flexibility index (Phi) is 8.15. The van der Waals surface area contributed by atoms with Crippen LogP contribution in [0.1, 0.15) is 57.7 Å². The first-order chi connectivity index (χ1) is 16.4. The number of amides is 1. The van der Waals surface area contributed by atoms with Crippen molar-refractivity contribution >= 4 is 23.4 Å². The molecule has 0 aliphatic rings. The maximum absolute atomic E-state index is 12.9. The van der Waals surface area contributed by atoms with E-state index >= 15 is 0 Å². The summed E-state index contributed by atoms with van der Waals surface area (Å²) < 4.78 is 46.6. The molecule has 0 saturated heterocycles. The summed E-state index contributed by atoms with van der Waals surface area (Å²) in [4.78, 5) is 12.3. The highest BCUT2D eigenvalue weighted by molar-refractivity contribution is 7.99. The topological polar surface area (TPSA) is 69.0 Å². The highest BCUT2D eigenvalue weighted by Gasteiger charge is 2.30. The van der Waals surface area contributed by atoms with Crippen molar-refractivity contribution < 1.29 is 22.7 Å². The molecule has 0 aliphatic carbocycles. The molecule has 1 amide bonds. The number of rotatable bonds is 8. The number of ether oxygens (including phenoxy) is 1. The predicted molar refractivity (Wildman–Crippen MR) is 131 cm³/mol. The molecule has 1 heterocycles. The lowest BCUT2D eigenvalue weighted by Gasteiger charge is -2.20. The molecule has 10 heteroatoms. The van der Waals surface area contributed by atoms with Crippen molar-refractivity contribution in [3.05, 3.63) is 65.5 Å². The molecule has 3 rings (SSSR count). The quantitative estimate of drug-likeness (QED) is 0.354. The first-order valence-electron chi connectivity index (χ1n) is 11.2. The predicted octanol–water partition coefficient (Wildman–Crippen LogP) is 6.49. The number of carbonyl (C=O) groups excluding carboxylic acids is 1. The van der Waals surface area contributed by atoms with Gasteiger partial charge < -0.3 is 14.6 Å². The second-order valence-electron chi connectivity index (χ2n) is 9.03. The SMILES string of the molecule is CCn1c(SCC(=O)Nc2cccc(C(F)(F)F)c2)nnc1C(C)Oc1ccc(C(C)(C)C)cc1. The van der Waals surface area contributed by atoms with Crippen LogP contribution in [-0.2, 0) is 22.9 Å². The van der Waals surface area contributed by atoms with Crippen molar-refractivity contribution in [2.24, 2.45) is 0 Å². The number of hydrogen-bond acceptors (Lipinski definition) is 5. The third-order valence-electron chi connectivity index (χ3n) is 5.26. The van der Waals surface area contributed by atoms with Crippen LogP contribution in [0.3, 0.4) is 0 Å². The number of aromatic nitrogens is 3. The second-order valence-corrected chi connectivity index (χ2v) is 9.98. The number of hydrogen-bond donors (Lipinski definition) is 1. The average molecular weight is 507 g/mol. The molecular formula is C25H29F3N4O2S. The van der Waals surface area contributed by atoms with E-state index in [1.807, 2.05) is 42.7 Å². The molecule has 1 N–H and O–H groups in total. The van der Waals surface area contributed by atoms with Gasteiger partial charge >= 0.3 is 6.18 Å². The van der Waals surface area contributed by atoms with Crippen LogP contribution in [0.15, 0.2) is 53.7 Å². The van der Waals surface area contributed by atoms with E-state index < -0.39 is 17.6 Å². The summed E-state index contributed by atoms with van der Waals surface area (Å²) in [6.45, 7) is 10.8. The molecule has 35 heavy (non-hydrogen) atoms. The van der Waals surface area contributed by atoms with Gasteiger partial charge in [0.2, 0.25) is 5.91 Å². The standard InChI is InChI=1S/C25H29F3N4O2S/c1-6-32-22(16(2)34-20-12-10-17(11-13-20)24(3,4)5)30-31-23(32)35-15-21(33)29-19-9-7-8-18(14-19)25(26,27)28/h7-14,16H,6,15H2,1-5H3,(H,29,33). The monoisotopic (exact) mass is 506 g/mol. The molecule has 0 saturated carbocycles. The number of benzene rings is 2. The summed E-state index contributed by atoms with van der Waals surface area (Å²) in [5.74, 6) is 0.863. The fraction of sp³-hybridized carbons (Fsp3) is 0.400. The number of nitrogens with one attached hydrogen (secondary N) is 1. The summed E-state index contributed by atoms with van der Waals surface area (Å²) >= 11 is 1.16. The zero-order valence-electron chi connectivity index (χ0n) is 20.3. The van der Waals surface area contributed by atoms with Gasteiger partial charge in [-0.2, -0.15) is 13.2 Å². The van der Waals surface area contributed by atoms with E-state index in [-0.39, 0.29) is 23.0 Å². The maximum atomic E-state index is 12.9. The van der Waals surface area contributed by atoms with Gasteiger partial charge in [0.15, 0.2) is 17.1 Å². The highest BCUT2D eigenvalue weighted by Crippen LogP contribution is 2.31. The van der Waals surface area contributed by atoms with Gasteiger partial charge in [0.1, 0.15) is 5.75 Å². The second kappa shape index (κ2) is 10.7. The van der Waals surface area contributed by atoms with Gasteiger partial charge in [-0.15, -0.1) is 10.2 Å². The minimum absolute atomic E-state index is 0.0299. The Morgan fingerprint density at radius 2 is 1.77 bits per heavy atom. The molecule has 188 valence electrons. The number of carbonyl (C=O) groups is 1. The molecule has 0 aliphatic heterocycles. The Bertz CT molecular complexity index is 1150. The van der Waals surface area contributed by atoms with Crippen molar-refractivity contribution in [2.45, 2.75) is 64.0 Å². The van der Waals surface area contributed by atoms with Crippen LogP contribution in [0.25, 0.3) is 0 Å². The maximum Gasteiger partial charge on any atom is 0.416 e. The number of nitrogens with zero attached hydrogens (tertiary/aromatic N) is 3. The zero-order valence-corrected chi connectivity index (χ0v) is 21.1. The molecule has 6 nitrogen and oxygen atoms in total. The fourth-order valence-electron chi connectivity index (χ4n) is 3.40. The summed E-state index contributed by atoms with van der Waals surface area (Å²) in [5, 5.41) is 11.5. The molecule has 0 spiro atoms. The first kappa shape index (κ1) is 26.6. The van der Waals surface area contributed by atoms with Crippen LogP contribution in [0.2, 0.25) is 0 Å². The van der Waals surface area contributed by atoms with Crippen molar-refractivity contribution in [1.82, 2.24) is 14.8 Å². The van der Waals surface area contributed by atoms with E-state index in [9.17, 15) is 18.0 Å². The fourth-order valence-corrected chi connectivity index (χ4v) is 4.20. The van der Waals surface area contributed by atoms with Crippen LogP contribution in [0.5, 0.6) is 5.75 Å². The number of anilines is 1. The lowest BCUT2D eigenvalue weighted by atomic mass is 9.87. The molecule has 0 radical (unpaired) electrons. The minimum Gasteiger partial charge on any atom is -0.483 e. The first-order valence-corrected chi connectivity index (χ1v) is 12.2. The smallest absolute Gasteiger partial charge is 0.416 e. The summed E-state index contributed by atoms with van der Waals surface area (Å²) in [7, 11) is 0. The van der Waals surface area contributed by atoms with Crippen LogP contribution in [-0.4, -0.2) is 26.4 Å². The van der Waals surface area contributed by atoms with E-state index in [1.165, 1.54) is 17.7 Å². The molecule has 1 atom stereocenters. The molecular weight excluding hydrogens is 477 g/mol. The molecule has 2 aromatic carbocycles. The van der Waals surface area contributed by atoms with Gasteiger partial charge in [-0.25, -0.2) is 0 Å². The molecule has 0 bridgehead atoms. The van der Waals surface area contributed by atoms with E-state index in [1.54, 1.807) is 0 Å². The van der Waals surface area contributed by atoms with Crippen LogP contribution < -0.4 is 10.1 Å². The van der Waals surface area contributed by atoms with Crippen LogP contribution >= 0.6 is 11.8 Å². The molecule has 3 aromatic rings. The lowest BCUT2D eigenvalue weighted by molar-refractivity contribution is -0.137. The number of alkyl halides is 3. The van der Waals surface area contributed by atoms with Gasteiger partial charge in [-0.1, -0.05) is 50.7 Å². The Morgan fingerprint density at radius 3 is 2.37 bits per heavy atom. The Balaban J connectivity index is 1.62. The third-order valence-corrected chi connectivity index (χ3v) is 6.23. The number of halogens is 3. The zero-order chi connectivity index (χ0) is 25.8. The Morgan fingerprint density at radius 1 is 1.09 bits per heavy atom. The lowest BCUT2D eigenvalue weighted by Crippen LogP contribution is -2.16.